The van der Waals surface area contributed by atoms with Gasteiger partial charge in [-0.05, 0) is 114 Å². The molecule has 192 valence electrons. The quantitative estimate of drug-likeness (QED) is 0.469. The molecule has 4 saturated carbocycles. The molecule has 5 aliphatic rings. The first-order valence-electron chi connectivity index (χ1n) is 14.4. The Hall–Kier alpha value is -0.590. The second kappa shape index (κ2) is 7.47. The Kier molecular flexibility index (Phi) is 5.51. The molecule has 0 unspecified atom stereocenters. The molecule has 3 nitrogen and oxygen atoms in total. The van der Waals surface area contributed by atoms with Crippen LogP contribution in [-0.2, 0) is 4.74 Å². The van der Waals surface area contributed by atoms with Crippen molar-refractivity contribution >= 4 is 0 Å². The van der Waals surface area contributed by atoms with E-state index < -0.39 is 0 Å². The van der Waals surface area contributed by atoms with Crippen LogP contribution < -0.4 is 0 Å². The van der Waals surface area contributed by atoms with Crippen molar-refractivity contribution in [1.82, 2.24) is 0 Å². The Labute approximate surface area is 209 Å². The molecule has 0 aromatic carbocycles. The van der Waals surface area contributed by atoms with Gasteiger partial charge in [-0.15, -0.1) is 0 Å². The SMILES string of the molecule is C[C@@H](O)C(C)(C)[C@@H]1CC[C@]2(C)[C@H](CC[C@@H]3[C@H]4[C@H]5OC[C@@]4(CCC5(C)C)CC[C@]32C)[C@@]1(C)CC#N. The zero-order chi connectivity index (χ0) is 24.9. The number of ether oxygens (including phenoxy) is 1. The molecule has 1 saturated heterocycles. The van der Waals surface area contributed by atoms with Crippen LogP contribution in [0.5, 0.6) is 0 Å². The van der Waals surface area contributed by atoms with Crippen molar-refractivity contribution < 1.29 is 9.84 Å². The van der Waals surface area contributed by atoms with Gasteiger partial charge in [0.2, 0.25) is 0 Å². The van der Waals surface area contributed by atoms with Crippen LogP contribution in [0.4, 0.5) is 0 Å². The van der Waals surface area contributed by atoms with Crippen molar-refractivity contribution in [1.29, 1.82) is 5.26 Å². The van der Waals surface area contributed by atoms with E-state index in [1.54, 1.807) is 0 Å². The fourth-order valence-corrected chi connectivity index (χ4v) is 11.3. The summed E-state index contributed by atoms with van der Waals surface area (Å²) in [6.07, 6.45) is 10.9. The molecule has 0 spiro atoms. The smallest absolute Gasteiger partial charge is 0.0663 e. The lowest BCUT2D eigenvalue weighted by Gasteiger charge is -2.72. The van der Waals surface area contributed by atoms with E-state index in [-0.39, 0.29) is 27.8 Å². The maximum Gasteiger partial charge on any atom is 0.0663 e. The second-order valence-electron chi connectivity index (χ2n) is 15.6. The highest BCUT2D eigenvalue weighted by Crippen LogP contribution is 2.77. The molecule has 1 heterocycles. The van der Waals surface area contributed by atoms with Crippen molar-refractivity contribution in [3.05, 3.63) is 0 Å². The molecule has 0 radical (unpaired) electrons. The standard InChI is InChI=1S/C31H51NO2/c1-20(33)27(4,5)22-11-12-30(8)23(28(22,6)17-18-32)10-9-21-24-25-26(2,3)13-15-31(24,19-34-25)16-14-29(21,30)7/h20-25,33H,9-17,19H2,1-8H3/t20-,21-,22+,23-,24+,25-,28+,29-,30-,31-/m1/s1. The minimum atomic E-state index is -0.362. The van der Waals surface area contributed by atoms with Gasteiger partial charge in [-0.2, -0.15) is 5.26 Å². The largest absolute Gasteiger partial charge is 0.393 e. The van der Waals surface area contributed by atoms with E-state index in [2.05, 4.69) is 54.5 Å². The van der Waals surface area contributed by atoms with Crippen molar-refractivity contribution in [2.75, 3.05) is 6.61 Å². The van der Waals surface area contributed by atoms with Gasteiger partial charge in [-0.25, -0.2) is 0 Å². The number of aliphatic hydroxyl groups excluding tert-OH is 1. The van der Waals surface area contributed by atoms with Crippen LogP contribution in [0, 0.1) is 67.5 Å². The van der Waals surface area contributed by atoms with Crippen LogP contribution in [0.15, 0.2) is 0 Å². The Balaban J connectivity index is 1.56. The van der Waals surface area contributed by atoms with Crippen molar-refractivity contribution in [2.24, 2.45) is 56.2 Å². The molecule has 1 aliphatic heterocycles. The molecule has 4 aliphatic carbocycles. The monoisotopic (exact) mass is 469 g/mol. The molecular formula is C31H51NO2. The molecule has 0 aromatic heterocycles. The predicted octanol–water partition coefficient (Wildman–Crippen LogP) is 7.38. The Bertz CT molecular complexity index is 871. The summed E-state index contributed by atoms with van der Waals surface area (Å²) in [4.78, 5) is 0. The second-order valence-corrected chi connectivity index (χ2v) is 15.6. The minimum Gasteiger partial charge on any atom is -0.393 e. The molecule has 10 atom stereocenters. The summed E-state index contributed by atoms with van der Waals surface area (Å²) in [5.41, 5.74) is 1.04. The summed E-state index contributed by atoms with van der Waals surface area (Å²) in [6, 6.07) is 2.63. The van der Waals surface area contributed by atoms with Gasteiger partial charge in [0.15, 0.2) is 0 Å². The molecule has 2 bridgehead atoms. The van der Waals surface area contributed by atoms with E-state index in [1.165, 1.54) is 44.9 Å². The Morgan fingerprint density at radius 2 is 1.65 bits per heavy atom. The lowest BCUT2D eigenvalue weighted by atomic mass is 9.32. The Morgan fingerprint density at radius 1 is 0.971 bits per heavy atom. The van der Waals surface area contributed by atoms with Gasteiger partial charge in [-0.3, -0.25) is 0 Å². The maximum absolute atomic E-state index is 10.8. The first-order valence-corrected chi connectivity index (χ1v) is 14.4. The van der Waals surface area contributed by atoms with E-state index in [9.17, 15) is 10.4 Å². The van der Waals surface area contributed by atoms with Crippen LogP contribution in [-0.4, -0.2) is 23.9 Å². The lowest BCUT2D eigenvalue weighted by Crippen LogP contribution is -2.66. The van der Waals surface area contributed by atoms with E-state index in [1.807, 2.05) is 6.92 Å². The van der Waals surface area contributed by atoms with Gasteiger partial charge in [0.25, 0.3) is 0 Å². The number of rotatable bonds is 3. The lowest BCUT2D eigenvalue weighted by molar-refractivity contribution is -0.238. The van der Waals surface area contributed by atoms with Gasteiger partial charge >= 0.3 is 0 Å². The van der Waals surface area contributed by atoms with Crippen molar-refractivity contribution in [2.45, 2.75) is 125 Å². The molecular weight excluding hydrogens is 418 g/mol. The molecule has 5 rings (SSSR count). The normalized spacial score (nSPS) is 52.6. The van der Waals surface area contributed by atoms with Crippen LogP contribution in [0.1, 0.15) is 113 Å². The predicted molar refractivity (Wildman–Crippen MR) is 137 cm³/mol. The molecule has 3 heteroatoms. The molecule has 0 amide bonds. The zero-order valence-corrected chi connectivity index (χ0v) is 23.3. The van der Waals surface area contributed by atoms with Gasteiger partial charge in [0.05, 0.1) is 24.9 Å². The van der Waals surface area contributed by atoms with Crippen molar-refractivity contribution in [3.8, 4) is 6.07 Å². The topological polar surface area (TPSA) is 53.2 Å². The van der Waals surface area contributed by atoms with E-state index in [0.717, 1.165) is 18.9 Å². The van der Waals surface area contributed by atoms with Gasteiger partial charge in [-0.1, -0.05) is 48.5 Å². The van der Waals surface area contributed by atoms with E-state index in [0.29, 0.717) is 41.1 Å². The van der Waals surface area contributed by atoms with Gasteiger partial charge < -0.3 is 9.84 Å². The van der Waals surface area contributed by atoms with Crippen molar-refractivity contribution in [3.63, 3.8) is 0 Å². The third kappa shape index (κ3) is 2.94. The third-order valence-electron chi connectivity index (χ3n) is 13.8. The summed E-state index contributed by atoms with van der Waals surface area (Å²) in [5, 5.41) is 20.8. The van der Waals surface area contributed by atoms with Crippen LogP contribution in [0.2, 0.25) is 0 Å². The van der Waals surface area contributed by atoms with E-state index >= 15 is 0 Å². The summed E-state index contributed by atoms with van der Waals surface area (Å²) >= 11 is 0. The first-order chi connectivity index (χ1) is 15.7. The molecule has 34 heavy (non-hydrogen) atoms. The highest BCUT2D eigenvalue weighted by molar-refractivity contribution is 5.21. The van der Waals surface area contributed by atoms with Crippen LogP contribution in [0.25, 0.3) is 0 Å². The molecule has 1 N–H and O–H groups in total. The van der Waals surface area contributed by atoms with Gasteiger partial charge in [0.1, 0.15) is 0 Å². The molecule has 5 fully saturated rings. The fraction of sp³-hybridized carbons (Fsp3) is 0.968. The number of aliphatic hydroxyl groups is 1. The number of nitriles is 1. The highest BCUT2D eigenvalue weighted by atomic mass is 16.5. The average Bonchev–Trinajstić information content (AvgIpc) is 3.08. The number of nitrogens with zero attached hydrogens (tertiary/aromatic N) is 1. The van der Waals surface area contributed by atoms with Gasteiger partial charge in [0, 0.05) is 6.42 Å². The number of hydrogen-bond acceptors (Lipinski definition) is 3. The number of hydrogen-bond donors (Lipinski definition) is 1. The third-order valence-corrected chi connectivity index (χ3v) is 13.8. The zero-order valence-electron chi connectivity index (χ0n) is 23.3. The van der Waals surface area contributed by atoms with Crippen LogP contribution in [0.3, 0.4) is 0 Å². The summed E-state index contributed by atoms with van der Waals surface area (Å²) < 4.78 is 6.69. The molecule has 0 aromatic rings. The van der Waals surface area contributed by atoms with Crippen LogP contribution >= 0.6 is 0 Å². The van der Waals surface area contributed by atoms with E-state index in [4.69, 9.17) is 4.74 Å². The fourth-order valence-electron chi connectivity index (χ4n) is 11.3. The maximum atomic E-state index is 10.8. The highest BCUT2D eigenvalue weighted by Gasteiger charge is 2.72. The minimum absolute atomic E-state index is 0.0489. The Morgan fingerprint density at radius 3 is 2.29 bits per heavy atom. The summed E-state index contributed by atoms with van der Waals surface area (Å²) in [5.74, 6) is 2.37. The summed E-state index contributed by atoms with van der Waals surface area (Å²) in [6.45, 7) is 20.1. The first kappa shape index (κ1) is 25.1. The average molecular weight is 470 g/mol. The summed E-state index contributed by atoms with van der Waals surface area (Å²) in [7, 11) is 0. The number of fused-ring (bicyclic) bond motifs is 3.